The van der Waals surface area contributed by atoms with E-state index in [0.717, 1.165) is 23.3 Å². The van der Waals surface area contributed by atoms with Crippen LogP contribution in [0.15, 0.2) is 24.3 Å². The van der Waals surface area contributed by atoms with Crippen molar-refractivity contribution in [2.45, 2.75) is 31.7 Å². The monoisotopic (exact) mass is 321 g/mol. The molecule has 0 unspecified atom stereocenters. The van der Waals surface area contributed by atoms with Gasteiger partial charge < -0.3 is 9.47 Å². The number of halogens is 1. The fourth-order valence-corrected chi connectivity index (χ4v) is 3.01. The molecular formula is C15H20BrN3. The number of hydrogen-bond acceptors (Lipinski definition) is 2. The first-order valence-electron chi connectivity index (χ1n) is 7.05. The Bertz CT molecular complexity index is 560. The molecule has 2 aromatic rings. The lowest BCUT2D eigenvalue weighted by molar-refractivity contribution is 0.380. The fourth-order valence-electron chi connectivity index (χ4n) is 2.76. The maximum Gasteiger partial charge on any atom is 0.206 e. The molecule has 3 nitrogen and oxygen atoms in total. The first-order chi connectivity index (χ1) is 9.31. The maximum absolute atomic E-state index is 4.84. The van der Waals surface area contributed by atoms with Gasteiger partial charge in [0.05, 0.1) is 11.0 Å². The van der Waals surface area contributed by atoms with Crippen molar-refractivity contribution in [1.29, 1.82) is 0 Å². The molecule has 102 valence electrons. The van der Waals surface area contributed by atoms with Crippen molar-refractivity contribution in [1.82, 2.24) is 9.55 Å². The van der Waals surface area contributed by atoms with Crippen LogP contribution in [-0.2, 0) is 7.05 Å². The summed E-state index contributed by atoms with van der Waals surface area (Å²) in [5.74, 6) is 1.13. The molecule has 0 N–H and O–H groups in total. The van der Waals surface area contributed by atoms with E-state index in [2.05, 4.69) is 56.7 Å². The molecule has 0 saturated heterocycles. The molecule has 1 fully saturated rings. The minimum Gasteiger partial charge on any atom is -0.339 e. The second-order valence-corrected chi connectivity index (χ2v) is 6.07. The zero-order valence-corrected chi connectivity index (χ0v) is 12.9. The summed E-state index contributed by atoms with van der Waals surface area (Å²) in [4.78, 5) is 7.35. The smallest absolute Gasteiger partial charge is 0.206 e. The Morgan fingerprint density at radius 2 is 2.16 bits per heavy atom. The van der Waals surface area contributed by atoms with Crippen LogP contribution in [0.25, 0.3) is 11.0 Å². The van der Waals surface area contributed by atoms with E-state index in [-0.39, 0.29) is 0 Å². The van der Waals surface area contributed by atoms with Crippen molar-refractivity contribution in [2.24, 2.45) is 7.05 Å². The van der Waals surface area contributed by atoms with Crippen molar-refractivity contribution >= 4 is 32.9 Å². The number of nitrogens with zero attached hydrogens (tertiary/aromatic N) is 3. The summed E-state index contributed by atoms with van der Waals surface area (Å²) in [6.45, 7) is 1.09. The van der Waals surface area contributed by atoms with Gasteiger partial charge in [0.25, 0.3) is 0 Å². The van der Waals surface area contributed by atoms with Crippen LogP contribution in [0.1, 0.15) is 25.7 Å². The lowest BCUT2D eigenvalue weighted by Crippen LogP contribution is -2.42. The van der Waals surface area contributed by atoms with E-state index in [0.29, 0.717) is 6.04 Å². The SMILES string of the molecule is Cn1c(N(CCCBr)C2CCC2)nc2ccccc21. The summed E-state index contributed by atoms with van der Waals surface area (Å²) in [5.41, 5.74) is 2.32. The summed E-state index contributed by atoms with van der Waals surface area (Å²) in [7, 11) is 2.13. The number of para-hydroxylation sites is 2. The zero-order valence-electron chi connectivity index (χ0n) is 11.3. The largest absolute Gasteiger partial charge is 0.339 e. The topological polar surface area (TPSA) is 21.1 Å². The van der Waals surface area contributed by atoms with Crippen LogP contribution < -0.4 is 4.90 Å². The molecule has 1 aliphatic carbocycles. The molecule has 0 spiro atoms. The van der Waals surface area contributed by atoms with E-state index in [4.69, 9.17) is 4.98 Å². The predicted octanol–water partition coefficient (Wildman–Crippen LogP) is 3.72. The summed E-state index contributed by atoms with van der Waals surface area (Å²) < 4.78 is 2.24. The molecule has 0 amide bonds. The number of aryl methyl sites for hydroxylation is 1. The van der Waals surface area contributed by atoms with E-state index in [1.54, 1.807) is 0 Å². The van der Waals surface area contributed by atoms with Crippen molar-refractivity contribution in [2.75, 3.05) is 16.8 Å². The van der Waals surface area contributed by atoms with Crippen molar-refractivity contribution in [3.05, 3.63) is 24.3 Å². The highest BCUT2D eigenvalue weighted by Gasteiger charge is 2.27. The lowest BCUT2D eigenvalue weighted by Gasteiger charge is -2.38. The van der Waals surface area contributed by atoms with Crippen LogP contribution in [0.2, 0.25) is 0 Å². The molecule has 0 bridgehead atoms. The van der Waals surface area contributed by atoms with E-state index in [1.807, 2.05) is 0 Å². The minimum absolute atomic E-state index is 0.689. The molecule has 4 heteroatoms. The second-order valence-electron chi connectivity index (χ2n) is 5.28. The minimum atomic E-state index is 0.689. The average Bonchev–Trinajstić information content (AvgIpc) is 2.70. The quantitative estimate of drug-likeness (QED) is 0.783. The molecule has 1 heterocycles. The van der Waals surface area contributed by atoms with Gasteiger partial charge in [-0.1, -0.05) is 28.1 Å². The Morgan fingerprint density at radius 1 is 1.37 bits per heavy atom. The Labute approximate surface area is 122 Å². The van der Waals surface area contributed by atoms with Crippen molar-refractivity contribution in [3.63, 3.8) is 0 Å². The Kier molecular flexibility index (Phi) is 3.78. The third-order valence-corrected chi connectivity index (χ3v) is 4.63. The van der Waals surface area contributed by atoms with E-state index in [1.165, 1.54) is 31.2 Å². The molecular weight excluding hydrogens is 302 g/mol. The number of imidazole rings is 1. The van der Waals surface area contributed by atoms with Crippen LogP contribution >= 0.6 is 15.9 Å². The second kappa shape index (κ2) is 5.53. The lowest BCUT2D eigenvalue weighted by atomic mass is 9.91. The first kappa shape index (κ1) is 13.0. The number of alkyl halides is 1. The number of aromatic nitrogens is 2. The third kappa shape index (κ3) is 2.38. The zero-order chi connectivity index (χ0) is 13.2. The molecule has 1 aromatic heterocycles. The molecule has 3 rings (SSSR count). The van der Waals surface area contributed by atoms with Gasteiger partial charge in [-0.25, -0.2) is 4.98 Å². The van der Waals surface area contributed by atoms with Crippen LogP contribution in [0.3, 0.4) is 0 Å². The molecule has 0 radical (unpaired) electrons. The molecule has 1 saturated carbocycles. The van der Waals surface area contributed by atoms with Crippen LogP contribution in [0, 0.1) is 0 Å². The summed E-state index contributed by atoms with van der Waals surface area (Å²) >= 11 is 3.54. The molecule has 1 aromatic carbocycles. The van der Waals surface area contributed by atoms with Gasteiger partial charge in [0.2, 0.25) is 5.95 Å². The standard InChI is InChI=1S/C15H20BrN3/c1-18-14-9-3-2-8-13(14)17-15(18)19(11-5-10-16)12-6-4-7-12/h2-3,8-9,12H,4-7,10-11H2,1H3. The van der Waals surface area contributed by atoms with E-state index < -0.39 is 0 Å². The molecule has 0 atom stereocenters. The molecule has 1 aliphatic rings. The van der Waals surface area contributed by atoms with E-state index in [9.17, 15) is 0 Å². The maximum atomic E-state index is 4.84. The van der Waals surface area contributed by atoms with Crippen molar-refractivity contribution < 1.29 is 0 Å². The van der Waals surface area contributed by atoms with Crippen LogP contribution in [-0.4, -0.2) is 27.5 Å². The number of hydrogen-bond donors (Lipinski definition) is 0. The molecule has 19 heavy (non-hydrogen) atoms. The van der Waals surface area contributed by atoms with Gasteiger partial charge in [-0.2, -0.15) is 0 Å². The van der Waals surface area contributed by atoms with Gasteiger partial charge in [0.15, 0.2) is 0 Å². The third-order valence-electron chi connectivity index (χ3n) is 4.07. The number of fused-ring (bicyclic) bond motifs is 1. The van der Waals surface area contributed by atoms with Crippen LogP contribution in [0.5, 0.6) is 0 Å². The summed E-state index contributed by atoms with van der Waals surface area (Å²) in [6, 6.07) is 9.08. The number of anilines is 1. The summed E-state index contributed by atoms with van der Waals surface area (Å²) in [5, 5.41) is 1.06. The Balaban J connectivity index is 1.96. The van der Waals surface area contributed by atoms with Gasteiger partial charge in [0, 0.05) is 25.0 Å². The van der Waals surface area contributed by atoms with Crippen molar-refractivity contribution in [3.8, 4) is 0 Å². The normalized spacial score (nSPS) is 15.7. The first-order valence-corrected chi connectivity index (χ1v) is 8.17. The van der Waals surface area contributed by atoms with E-state index >= 15 is 0 Å². The van der Waals surface area contributed by atoms with Gasteiger partial charge in [-0.05, 0) is 37.8 Å². The number of benzene rings is 1. The fraction of sp³-hybridized carbons (Fsp3) is 0.533. The number of rotatable bonds is 5. The highest BCUT2D eigenvalue weighted by atomic mass is 79.9. The Hall–Kier alpha value is -1.03. The predicted molar refractivity (Wildman–Crippen MR) is 84.1 cm³/mol. The average molecular weight is 322 g/mol. The highest BCUT2D eigenvalue weighted by molar-refractivity contribution is 9.09. The molecule has 0 aliphatic heterocycles. The summed E-state index contributed by atoms with van der Waals surface area (Å²) in [6.07, 6.45) is 5.15. The Morgan fingerprint density at radius 3 is 2.79 bits per heavy atom. The van der Waals surface area contributed by atoms with Gasteiger partial charge in [-0.3, -0.25) is 0 Å². The highest BCUT2D eigenvalue weighted by Crippen LogP contribution is 2.30. The van der Waals surface area contributed by atoms with Gasteiger partial charge >= 0.3 is 0 Å². The van der Waals surface area contributed by atoms with Gasteiger partial charge in [0.1, 0.15) is 0 Å². The van der Waals surface area contributed by atoms with Gasteiger partial charge in [-0.15, -0.1) is 0 Å². The van der Waals surface area contributed by atoms with Crippen LogP contribution in [0.4, 0.5) is 5.95 Å².